The molecule has 0 bridgehead atoms. The van der Waals surface area contributed by atoms with Crippen LogP contribution in [0.4, 0.5) is 0 Å². The average molecular weight is 86.2 g/mol. The van der Waals surface area contributed by atoms with Crippen LogP contribution in [0.5, 0.6) is 0 Å². The standard InChI is InChI=1S/C4H6S/c1-2-3-4-5/h2-4H,1H3. The topological polar surface area (TPSA) is 0 Å². The van der Waals surface area contributed by atoms with Crippen LogP contribution in [-0.2, 0) is 0 Å². The van der Waals surface area contributed by atoms with Gasteiger partial charge in [0, 0.05) is 5.37 Å². The van der Waals surface area contributed by atoms with Crippen LogP contribution in [-0.4, -0.2) is 5.37 Å². The van der Waals surface area contributed by atoms with Gasteiger partial charge in [-0.05, 0) is 6.92 Å². The Labute approximate surface area is 37.5 Å². The van der Waals surface area contributed by atoms with Gasteiger partial charge in [-0.15, -0.1) is 0 Å². The van der Waals surface area contributed by atoms with Gasteiger partial charge >= 0.3 is 0 Å². The molecule has 0 spiro atoms. The third-order valence-corrected chi connectivity index (χ3v) is 0.428. The number of thiocarbonyl (C=S) groups is 1. The molecule has 0 aromatic carbocycles. The SMILES string of the molecule is CC=CC=S. The van der Waals surface area contributed by atoms with E-state index in [1.807, 2.05) is 19.1 Å². The Morgan fingerprint density at radius 2 is 2.20 bits per heavy atom. The van der Waals surface area contributed by atoms with Crippen molar-refractivity contribution in [3.63, 3.8) is 0 Å². The van der Waals surface area contributed by atoms with E-state index in [-0.39, 0.29) is 0 Å². The zero-order valence-electron chi connectivity index (χ0n) is 3.14. The molecule has 0 aliphatic heterocycles. The lowest BCUT2D eigenvalue weighted by atomic mass is 10.6. The van der Waals surface area contributed by atoms with E-state index in [1.165, 1.54) is 0 Å². The summed E-state index contributed by atoms with van der Waals surface area (Å²) < 4.78 is 0. The van der Waals surface area contributed by atoms with Crippen molar-refractivity contribution in [1.82, 2.24) is 0 Å². The molecule has 0 aromatic heterocycles. The summed E-state index contributed by atoms with van der Waals surface area (Å²) in [5.41, 5.74) is 0. The van der Waals surface area contributed by atoms with Gasteiger partial charge in [0.2, 0.25) is 0 Å². The quantitative estimate of drug-likeness (QED) is 0.345. The fourth-order valence-corrected chi connectivity index (χ4v) is 0.236. The van der Waals surface area contributed by atoms with Gasteiger partial charge in [-0.25, -0.2) is 0 Å². The first-order chi connectivity index (χ1) is 2.41. The minimum atomic E-state index is 1.58. The molecule has 0 aromatic rings. The van der Waals surface area contributed by atoms with Gasteiger partial charge in [-0.1, -0.05) is 24.4 Å². The van der Waals surface area contributed by atoms with Crippen LogP contribution in [0.3, 0.4) is 0 Å². The van der Waals surface area contributed by atoms with E-state index in [0.717, 1.165) is 0 Å². The molecule has 0 radical (unpaired) electrons. The predicted octanol–water partition coefficient (Wildman–Crippen LogP) is 1.56. The van der Waals surface area contributed by atoms with E-state index in [4.69, 9.17) is 0 Å². The van der Waals surface area contributed by atoms with Crippen molar-refractivity contribution in [1.29, 1.82) is 0 Å². The van der Waals surface area contributed by atoms with E-state index in [1.54, 1.807) is 5.37 Å². The summed E-state index contributed by atoms with van der Waals surface area (Å²) in [5.74, 6) is 0. The molecular weight excluding hydrogens is 80.1 g/mol. The lowest BCUT2D eigenvalue weighted by Crippen LogP contribution is -1.44. The molecule has 0 atom stereocenters. The smallest absolute Gasteiger partial charge is 0.00102 e. The van der Waals surface area contributed by atoms with Crippen molar-refractivity contribution in [3.8, 4) is 0 Å². The largest absolute Gasteiger partial charge is 0.0887 e. The van der Waals surface area contributed by atoms with Crippen LogP contribution in [0.25, 0.3) is 0 Å². The molecule has 0 aliphatic rings. The summed E-state index contributed by atoms with van der Waals surface area (Å²) in [6.07, 6.45) is 3.71. The highest BCUT2D eigenvalue weighted by Gasteiger charge is 1.44. The van der Waals surface area contributed by atoms with E-state index in [2.05, 4.69) is 12.2 Å². The summed E-state index contributed by atoms with van der Waals surface area (Å²) in [6, 6.07) is 0. The van der Waals surface area contributed by atoms with Gasteiger partial charge < -0.3 is 0 Å². The minimum absolute atomic E-state index is 1.58. The summed E-state index contributed by atoms with van der Waals surface area (Å²) in [5, 5.41) is 1.58. The molecule has 0 saturated carbocycles. The Morgan fingerprint density at radius 3 is 2.20 bits per heavy atom. The number of rotatable bonds is 1. The molecule has 0 fully saturated rings. The molecule has 0 rings (SSSR count). The maximum absolute atomic E-state index is 4.44. The Bertz CT molecular complexity index is 45.6. The Kier molecular flexibility index (Phi) is 3.70. The predicted molar refractivity (Wildman–Crippen MR) is 28.5 cm³/mol. The van der Waals surface area contributed by atoms with Crippen molar-refractivity contribution >= 4 is 17.6 Å². The summed E-state index contributed by atoms with van der Waals surface area (Å²) in [4.78, 5) is 0. The van der Waals surface area contributed by atoms with Crippen LogP contribution in [0.2, 0.25) is 0 Å². The molecule has 5 heavy (non-hydrogen) atoms. The maximum atomic E-state index is 4.44. The van der Waals surface area contributed by atoms with Gasteiger partial charge in [-0.2, -0.15) is 0 Å². The average Bonchev–Trinajstić information content (AvgIpc) is 1.41. The second-order valence-corrected chi connectivity index (χ2v) is 0.934. The monoisotopic (exact) mass is 86.0 g/mol. The Balaban J connectivity index is 2.92. The summed E-state index contributed by atoms with van der Waals surface area (Å²) in [7, 11) is 0. The molecular formula is C4H6S. The second kappa shape index (κ2) is 3.83. The number of hydrogen-bond donors (Lipinski definition) is 0. The van der Waals surface area contributed by atoms with Crippen LogP contribution >= 0.6 is 12.2 Å². The molecule has 28 valence electrons. The van der Waals surface area contributed by atoms with Gasteiger partial charge in [0.05, 0.1) is 0 Å². The van der Waals surface area contributed by atoms with E-state index < -0.39 is 0 Å². The number of hydrogen-bond acceptors (Lipinski definition) is 1. The number of allylic oxidation sites excluding steroid dienone is 2. The molecule has 1 heteroatoms. The Hall–Kier alpha value is -0.170. The summed E-state index contributed by atoms with van der Waals surface area (Å²) >= 11 is 4.44. The first kappa shape index (κ1) is 4.83. The maximum Gasteiger partial charge on any atom is 0.00102 e. The van der Waals surface area contributed by atoms with Crippen molar-refractivity contribution in [2.75, 3.05) is 0 Å². The van der Waals surface area contributed by atoms with Crippen LogP contribution in [0, 0.1) is 0 Å². The van der Waals surface area contributed by atoms with E-state index in [0.29, 0.717) is 0 Å². The molecule has 0 unspecified atom stereocenters. The van der Waals surface area contributed by atoms with Crippen molar-refractivity contribution in [2.24, 2.45) is 0 Å². The highest BCUT2D eigenvalue weighted by Crippen LogP contribution is 1.59. The minimum Gasteiger partial charge on any atom is -0.0887 e. The Morgan fingerprint density at radius 1 is 1.60 bits per heavy atom. The van der Waals surface area contributed by atoms with E-state index in [9.17, 15) is 0 Å². The van der Waals surface area contributed by atoms with Gasteiger partial charge in [0.15, 0.2) is 0 Å². The molecule has 0 N–H and O–H groups in total. The molecule has 0 nitrogen and oxygen atoms in total. The van der Waals surface area contributed by atoms with Crippen LogP contribution in [0.1, 0.15) is 6.92 Å². The lowest BCUT2D eigenvalue weighted by Gasteiger charge is -1.54. The third kappa shape index (κ3) is 3.83. The van der Waals surface area contributed by atoms with E-state index >= 15 is 0 Å². The van der Waals surface area contributed by atoms with Gasteiger partial charge in [0.1, 0.15) is 0 Å². The van der Waals surface area contributed by atoms with Crippen molar-refractivity contribution in [2.45, 2.75) is 6.92 Å². The van der Waals surface area contributed by atoms with Crippen molar-refractivity contribution in [3.05, 3.63) is 12.2 Å². The van der Waals surface area contributed by atoms with Gasteiger partial charge in [-0.3, -0.25) is 0 Å². The third-order valence-electron chi connectivity index (χ3n) is 0.271. The second-order valence-electron chi connectivity index (χ2n) is 0.662. The first-order valence-corrected chi connectivity index (χ1v) is 1.95. The zero-order chi connectivity index (χ0) is 4.12. The van der Waals surface area contributed by atoms with Gasteiger partial charge in [0.25, 0.3) is 0 Å². The molecule has 0 heterocycles. The zero-order valence-corrected chi connectivity index (χ0v) is 3.96. The normalized spacial score (nSPS) is 9.00. The molecule has 0 aliphatic carbocycles. The lowest BCUT2D eigenvalue weighted by molar-refractivity contribution is 1.78. The highest BCUT2D eigenvalue weighted by molar-refractivity contribution is 7.79. The fourth-order valence-electron chi connectivity index (χ4n) is 0.0786. The summed E-state index contributed by atoms with van der Waals surface area (Å²) in [6.45, 7) is 1.93. The van der Waals surface area contributed by atoms with Crippen molar-refractivity contribution < 1.29 is 0 Å². The van der Waals surface area contributed by atoms with Crippen LogP contribution in [0.15, 0.2) is 12.2 Å². The first-order valence-electron chi connectivity index (χ1n) is 1.48. The molecule has 0 amide bonds. The highest BCUT2D eigenvalue weighted by atomic mass is 32.1. The molecule has 0 saturated heterocycles. The fraction of sp³-hybridized carbons (Fsp3) is 0.250. The van der Waals surface area contributed by atoms with Crippen LogP contribution < -0.4 is 0 Å².